The molecule has 0 spiro atoms. The third-order valence-corrected chi connectivity index (χ3v) is 3.62. The summed E-state index contributed by atoms with van der Waals surface area (Å²) in [7, 11) is 1.87. The van der Waals surface area contributed by atoms with Crippen LogP contribution < -0.4 is 10.1 Å². The van der Waals surface area contributed by atoms with Gasteiger partial charge in [0.1, 0.15) is 0 Å². The lowest BCUT2D eigenvalue weighted by Crippen LogP contribution is -2.49. The summed E-state index contributed by atoms with van der Waals surface area (Å²) in [5.41, 5.74) is 0.830. The number of halogens is 1. The minimum Gasteiger partial charge on any atom is -0.491 e. The van der Waals surface area contributed by atoms with Crippen molar-refractivity contribution in [1.29, 1.82) is 0 Å². The molecule has 22 heavy (non-hydrogen) atoms. The highest BCUT2D eigenvalue weighted by Gasteiger charge is 2.17. The Morgan fingerprint density at radius 3 is 2.77 bits per heavy atom. The van der Waals surface area contributed by atoms with Gasteiger partial charge >= 0.3 is 0 Å². The van der Waals surface area contributed by atoms with E-state index >= 15 is 0 Å². The molecule has 0 radical (unpaired) electrons. The minimum absolute atomic E-state index is 0.121. The topological polar surface area (TPSA) is 44.8 Å². The fraction of sp³-hybridized carbons (Fsp3) is 0.562. The Hall–Kier alpha value is -1.66. The molecule has 0 unspecified atom stereocenters. The zero-order chi connectivity index (χ0) is 15.9. The Bertz CT molecular complexity index is 504. The molecule has 1 amide bonds. The van der Waals surface area contributed by atoms with Gasteiger partial charge in [0.2, 0.25) is 5.91 Å². The average Bonchev–Trinajstić information content (AvgIpc) is 2.51. The molecule has 1 aliphatic rings. The number of hydrogen-bond acceptors (Lipinski definition) is 4. The number of hydrogen-bond donors (Lipinski definition) is 1. The molecule has 0 aliphatic carbocycles. The summed E-state index contributed by atoms with van der Waals surface area (Å²) in [6.45, 7) is 6.34. The van der Waals surface area contributed by atoms with Gasteiger partial charge in [-0.1, -0.05) is 6.07 Å². The lowest BCUT2D eigenvalue weighted by Gasteiger charge is -2.29. The number of rotatable bonds is 6. The first-order valence-corrected chi connectivity index (χ1v) is 7.68. The van der Waals surface area contributed by atoms with Crippen molar-refractivity contribution in [3.63, 3.8) is 0 Å². The fourth-order valence-corrected chi connectivity index (χ4v) is 2.53. The van der Waals surface area contributed by atoms with Crippen molar-refractivity contribution in [3.8, 4) is 5.75 Å². The molecule has 5 nitrogen and oxygen atoms in total. The van der Waals surface area contributed by atoms with Gasteiger partial charge < -0.3 is 15.0 Å². The Labute approximate surface area is 131 Å². The predicted molar refractivity (Wildman–Crippen MR) is 83.4 cm³/mol. The lowest BCUT2D eigenvalue weighted by atomic mass is 10.2. The number of benzene rings is 1. The van der Waals surface area contributed by atoms with Crippen molar-refractivity contribution in [2.24, 2.45) is 0 Å². The van der Waals surface area contributed by atoms with Gasteiger partial charge in [-0.3, -0.25) is 9.69 Å². The van der Waals surface area contributed by atoms with Crippen LogP contribution in [-0.2, 0) is 11.3 Å². The van der Waals surface area contributed by atoms with Crippen LogP contribution in [0.25, 0.3) is 0 Å². The third-order valence-electron chi connectivity index (χ3n) is 3.62. The molecule has 1 saturated heterocycles. The van der Waals surface area contributed by atoms with E-state index in [1.54, 1.807) is 6.07 Å². The molecule has 1 aliphatic heterocycles. The van der Waals surface area contributed by atoms with Gasteiger partial charge in [-0.15, -0.1) is 0 Å². The van der Waals surface area contributed by atoms with Crippen LogP contribution in [0.2, 0.25) is 0 Å². The summed E-state index contributed by atoms with van der Waals surface area (Å²) in [6.07, 6.45) is 0. The molecule has 1 heterocycles. The first kappa shape index (κ1) is 16.7. The molecule has 1 fully saturated rings. The van der Waals surface area contributed by atoms with Gasteiger partial charge in [-0.05, 0) is 31.7 Å². The predicted octanol–water partition coefficient (Wildman–Crippen LogP) is 1.09. The van der Waals surface area contributed by atoms with Crippen molar-refractivity contribution in [2.45, 2.75) is 13.5 Å². The van der Waals surface area contributed by atoms with Crippen molar-refractivity contribution in [2.75, 3.05) is 46.4 Å². The smallest absolute Gasteiger partial charge is 0.236 e. The van der Waals surface area contributed by atoms with E-state index in [0.717, 1.165) is 31.7 Å². The minimum atomic E-state index is -0.360. The molecule has 2 rings (SSSR count). The van der Waals surface area contributed by atoms with E-state index in [0.29, 0.717) is 19.7 Å². The van der Waals surface area contributed by atoms with E-state index in [2.05, 4.69) is 5.32 Å². The number of piperazine rings is 1. The van der Waals surface area contributed by atoms with Gasteiger partial charge in [0.25, 0.3) is 0 Å². The number of likely N-dealkylation sites (N-methyl/N-ethyl adjacent to an activating group) is 1. The first-order chi connectivity index (χ1) is 10.6. The van der Waals surface area contributed by atoms with Gasteiger partial charge in [0.05, 0.1) is 13.2 Å². The van der Waals surface area contributed by atoms with Gasteiger partial charge in [0, 0.05) is 32.7 Å². The van der Waals surface area contributed by atoms with E-state index in [1.807, 2.05) is 29.8 Å². The third kappa shape index (κ3) is 4.68. The average molecular weight is 309 g/mol. The zero-order valence-electron chi connectivity index (χ0n) is 13.3. The number of ether oxygens (including phenoxy) is 1. The lowest BCUT2D eigenvalue weighted by molar-refractivity contribution is -0.132. The van der Waals surface area contributed by atoms with E-state index in [9.17, 15) is 9.18 Å². The molecule has 1 aromatic rings. The normalized spacial score (nSPS) is 15.2. The Morgan fingerprint density at radius 2 is 2.14 bits per heavy atom. The Morgan fingerprint density at radius 1 is 1.41 bits per heavy atom. The highest BCUT2D eigenvalue weighted by Crippen LogP contribution is 2.19. The molecule has 1 N–H and O–H groups in total. The Kier molecular flexibility index (Phi) is 6.15. The van der Waals surface area contributed by atoms with E-state index < -0.39 is 0 Å². The zero-order valence-corrected chi connectivity index (χ0v) is 13.3. The number of nitrogens with one attached hydrogen (secondary N) is 1. The first-order valence-electron chi connectivity index (χ1n) is 7.68. The summed E-state index contributed by atoms with van der Waals surface area (Å²) < 4.78 is 19.0. The second-order valence-electron chi connectivity index (χ2n) is 5.50. The van der Waals surface area contributed by atoms with E-state index in [1.165, 1.54) is 6.07 Å². The number of amides is 1. The van der Waals surface area contributed by atoms with Crippen LogP contribution in [0.3, 0.4) is 0 Å². The molecule has 0 atom stereocenters. The number of carbonyl (C=O) groups is 1. The highest BCUT2D eigenvalue weighted by atomic mass is 19.1. The van der Waals surface area contributed by atoms with E-state index in [4.69, 9.17) is 4.74 Å². The summed E-state index contributed by atoms with van der Waals surface area (Å²) in [6, 6.07) is 4.94. The van der Waals surface area contributed by atoms with Crippen LogP contribution in [0.5, 0.6) is 5.75 Å². The summed E-state index contributed by atoms with van der Waals surface area (Å²) >= 11 is 0. The molecular weight excluding hydrogens is 285 g/mol. The molecule has 1 aromatic carbocycles. The van der Waals surface area contributed by atoms with Crippen LogP contribution in [0.15, 0.2) is 18.2 Å². The van der Waals surface area contributed by atoms with Crippen molar-refractivity contribution in [3.05, 3.63) is 29.6 Å². The molecule has 6 heteroatoms. The highest BCUT2D eigenvalue weighted by molar-refractivity contribution is 5.78. The van der Waals surface area contributed by atoms with Crippen molar-refractivity contribution >= 4 is 5.91 Å². The molecular formula is C16H24FN3O2. The maximum Gasteiger partial charge on any atom is 0.236 e. The van der Waals surface area contributed by atoms with Crippen LogP contribution in [-0.4, -0.2) is 62.1 Å². The number of carbonyl (C=O) groups excluding carboxylic acids is 1. The summed E-state index contributed by atoms with van der Waals surface area (Å²) in [5, 5.41) is 3.22. The van der Waals surface area contributed by atoms with Crippen LogP contribution in [0.4, 0.5) is 4.39 Å². The molecule has 0 bridgehead atoms. The van der Waals surface area contributed by atoms with Crippen molar-refractivity contribution < 1.29 is 13.9 Å². The SMILES string of the molecule is CCOc1ccc(CN(C)CC(=O)N2CCNCC2)cc1F. The quantitative estimate of drug-likeness (QED) is 0.854. The van der Waals surface area contributed by atoms with E-state index in [-0.39, 0.29) is 17.5 Å². The number of nitrogens with zero attached hydrogens (tertiary/aromatic N) is 2. The summed E-state index contributed by atoms with van der Waals surface area (Å²) in [5.74, 6) is 0.0300. The molecule has 122 valence electrons. The fourth-order valence-electron chi connectivity index (χ4n) is 2.53. The molecule has 0 saturated carbocycles. The monoisotopic (exact) mass is 309 g/mol. The summed E-state index contributed by atoms with van der Waals surface area (Å²) in [4.78, 5) is 15.9. The van der Waals surface area contributed by atoms with Crippen LogP contribution in [0.1, 0.15) is 12.5 Å². The van der Waals surface area contributed by atoms with Crippen LogP contribution in [0, 0.1) is 5.82 Å². The van der Waals surface area contributed by atoms with Gasteiger partial charge in [-0.25, -0.2) is 4.39 Å². The maximum atomic E-state index is 13.8. The second-order valence-corrected chi connectivity index (χ2v) is 5.50. The Balaban J connectivity index is 1.87. The van der Waals surface area contributed by atoms with Crippen LogP contribution >= 0.6 is 0 Å². The van der Waals surface area contributed by atoms with Crippen molar-refractivity contribution in [1.82, 2.24) is 15.1 Å². The second kappa shape index (κ2) is 8.10. The van der Waals surface area contributed by atoms with Gasteiger partial charge in [0.15, 0.2) is 11.6 Å². The standard InChI is InChI=1S/C16H24FN3O2/c1-3-22-15-5-4-13(10-14(15)17)11-19(2)12-16(21)20-8-6-18-7-9-20/h4-5,10,18H,3,6-9,11-12H2,1-2H3. The largest absolute Gasteiger partial charge is 0.491 e. The van der Waals surface area contributed by atoms with Gasteiger partial charge in [-0.2, -0.15) is 0 Å². The molecule has 0 aromatic heterocycles. The maximum absolute atomic E-state index is 13.8.